The Hall–Kier alpha value is -3.03. The van der Waals surface area contributed by atoms with Crippen LogP contribution in [0, 0.1) is 12.7 Å². The van der Waals surface area contributed by atoms with Crippen LogP contribution in [0.2, 0.25) is 0 Å². The van der Waals surface area contributed by atoms with Crippen molar-refractivity contribution in [1.82, 2.24) is 15.3 Å². The lowest BCUT2D eigenvalue weighted by Crippen LogP contribution is -2.42. The lowest BCUT2D eigenvalue weighted by atomic mass is 10.1. The maximum absolute atomic E-state index is 12.9. The summed E-state index contributed by atoms with van der Waals surface area (Å²) in [5.74, 6) is -1.71. The highest BCUT2D eigenvalue weighted by molar-refractivity contribution is 5.97. The van der Waals surface area contributed by atoms with Crippen molar-refractivity contribution in [3.05, 3.63) is 53.1 Å². The smallest absolute Gasteiger partial charge is 0.326 e. The van der Waals surface area contributed by atoms with Crippen molar-refractivity contribution in [2.45, 2.75) is 19.4 Å². The van der Waals surface area contributed by atoms with Gasteiger partial charge < -0.3 is 15.3 Å². The Morgan fingerprint density at radius 3 is 2.44 bits per heavy atom. The van der Waals surface area contributed by atoms with Crippen LogP contribution in [0.4, 0.5) is 10.3 Å². The van der Waals surface area contributed by atoms with Crippen molar-refractivity contribution >= 4 is 17.8 Å². The number of carbonyl (C=O) groups is 2. The van der Waals surface area contributed by atoms with E-state index in [-0.39, 0.29) is 12.0 Å². The number of benzene rings is 1. The number of aryl methyl sites for hydroxylation is 1. The minimum Gasteiger partial charge on any atom is -0.480 e. The molecule has 0 aliphatic heterocycles. The van der Waals surface area contributed by atoms with Crippen molar-refractivity contribution in [1.29, 1.82) is 0 Å². The summed E-state index contributed by atoms with van der Waals surface area (Å²) < 4.78 is 12.9. The molecule has 0 saturated carbocycles. The van der Waals surface area contributed by atoms with Crippen molar-refractivity contribution in [3.63, 3.8) is 0 Å². The molecule has 1 atom stereocenters. The summed E-state index contributed by atoms with van der Waals surface area (Å²) in [6.07, 6.45) is 1.40. The number of aromatic nitrogens is 2. The number of anilines is 1. The molecule has 1 amide bonds. The number of aliphatic carboxylic acids is 1. The van der Waals surface area contributed by atoms with Crippen LogP contribution in [0.5, 0.6) is 0 Å². The molecular formula is C17H19FN4O3. The molecule has 25 heavy (non-hydrogen) atoms. The van der Waals surface area contributed by atoms with Gasteiger partial charge in [-0.15, -0.1) is 0 Å². The third-order valence-electron chi connectivity index (χ3n) is 3.57. The molecule has 0 radical (unpaired) electrons. The predicted molar refractivity (Wildman–Crippen MR) is 90.1 cm³/mol. The average Bonchev–Trinajstić information content (AvgIpc) is 2.55. The third-order valence-corrected chi connectivity index (χ3v) is 3.57. The number of hydrogen-bond donors (Lipinski definition) is 2. The van der Waals surface area contributed by atoms with Gasteiger partial charge in [0, 0.05) is 26.7 Å². The van der Waals surface area contributed by atoms with Gasteiger partial charge in [-0.25, -0.2) is 19.2 Å². The minimum absolute atomic E-state index is 0.0387. The summed E-state index contributed by atoms with van der Waals surface area (Å²) in [4.78, 5) is 33.8. The molecule has 0 unspecified atom stereocenters. The van der Waals surface area contributed by atoms with Gasteiger partial charge in [0.2, 0.25) is 5.95 Å². The molecule has 0 bridgehead atoms. The summed E-state index contributed by atoms with van der Waals surface area (Å²) >= 11 is 0. The first-order valence-electron chi connectivity index (χ1n) is 7.57. The Kier molecular flexibility index (Phi) is 5.63. The molecule has 2 rings (SSSR count). The van der Waals surface area contributed by atoms with Gasteiger partial charge in [-0.3, -0.25) is 4.79 Å². The lowest BCUT2D eigenvalue weighted by Gasteiger charge is -2.16. The maximum atomic E-state index is 12.9. The Bertz CT molecular complexity index is 778. The number of carboxylic acid groups (broad SMARTS) is 1. The molecule has 7 nitrogen and oxygen atoms in total. The van der Waals surface area contributed by atoms with Gasteiger partial charge in [0.15, 0.2) is 0 Å². The number of amides is 1. The number of halogens is 1. The Morgan fingerprint density at radius 1 is 1.28 bits per heavy atom. The van der Waals surface area contributed by atoms with Crippen LogP contribution in [0.1, 0.15) is 21.6 Å². The second kappa shape index (κ2) is 7.69. The highest BCUT2D eigenvalue weighted by Gasteiger charge is 2.23. The van der Waals surface area contributed by atoms with Gasteiger partial charge in [-0.05, 0) is 24.6 Å². The van der Waals surface area contributed by atoms with E-state index in [4.69, 9.17) is 0 Å². The molecule has 0 spiro atoms. The van der Waals surface area contributed by atoms with Crippen LogP contribution in [0.15, 0.2) is 30.5 Å². The molecular weight excluding hydrogens is 327 g/mol. The van der Waals surface area contributed by atoms with E-state index in [2.05, 4.69) is 15.3 Å². The molecule has 2 aromatic rings. The third kappa shape index (κ3) is 4.72. The fourth-order valence-corrected chi connectivity index (χ4v) is 2.19. The van der Waals surface area contributed by atoms with Crippen LogP contribution < -0.4 is 10.2 Å². The largest absolute Gasteiger partial charge is 0.480 e. The van der Waals surface area contributed by atoms with Gasteiger partial charge in [0.25, 0.3) is 5.91 Å². The first-order chi connectivity index (χ1) is 11.8. The van der Waals surface area contributed by atoms with E-state index in [9.17, 15) is 19.1 Å². The van der Waals surface area contributed by atoms with Crippen LogP contribution >= 0.6 is 0 Å². The van der Waals surface area contributed by atoms with Crippen LogP contribution in [0.3, 0.4) is 0 Å². The molecule has 0 aliphatic carbocycles. The molecule has 0 saturated heterocycles. The summed E-state index contributed by atoms with van der Waals surface area (Å²) in [6, 6.07) is 4.31. The first kappa shape index (κ1) is 18.3. The highest BCUT2D eigenvalue weighted by Crippen LogP contribution is 2.11. The zero-order valence-electron chi connectivity index (χ0n) is 14.2. The summed E-state index contributed by atoms with van der Waals surface area (Å²) in [5.41, 5.74) is 1.25. The van der Waals surface area contributed by atoms with Crippen molar-refractivity contribution < 1.29 is 19.1 Å². The normalized spacial score (nSPS) is 11.7. The van der Waals surface area contributed by atoms with E-state index >= 15 is 0 Å². The predicted octanol–water partition coefficient (Wildman–Crippen LogP) is 1.42. The van der Waals surface area contributed by atoms with E-state index < -0.39 is 23.7 Å². The van der Waals surface area contributed by atoms with E-state index in [0.717, 1.165) is 0 Å². The Morgan fingerprint density at radius 2 is 1.92 bits per heavy atom. The monoisotopic (exact) mass is 346 g/mol. The first-order valence-corrected chi connectivity index (χ1v) is 7.57. The van der Waals surface area contributed by atoms with Crippen molar-refractivity contribution in [2.75, 3.05) is 19.0 Å². The van der Waals surface area contributed by atoms with Crippen LogP contribution in [0.25, 0.3) is 0 Å². The molecule has 1 aromatic heterocycles. The molecule has 8 heteroatoms. The fourth-order valence-electron chi connectivity index (χ4n) is 2.19. The van der Waals surface area contributed by atoms with Crippen molar-refractivity contribution in [2.24, 2.45) is 0 Å². The van der Waals surface area contributed by atoms with Gasteiger partial charge in [0.05, 0.1) is 11.3 Å². The molecule has 1 aromatic carbocycles. The summed E-state index contributed by atoms with van der Waals surface area (Å²) in [5, 5.41) is 11.8. The number of hydrogen-bond acceptors (Lipinski definition) is 5. The molecule has 1 heterocycles. The van der Waals surface area contributed by atoms with Gasteiger partial charge in [-0.1, -0.05) is 12.1 Å². The fraction of sp³-hybridized carbons (Fsp3) is 0.294. The summed E-state index contributed by atoms with van der Waals surface area (Å²) in [6.45, 7) is 1.65. The number of nitrogens with one attached hydrogen (secondary N) is 1. The average molecular weight is 346 g/mol. The quantitative estimate of drug-likeness (QED) is 0.821. The van der Waals surface area contributed by atoms with Crippen LogP contribution in [-0.4, -0.2) is 47.1 Å². The van der Waals surface area contributed by atoms with Crippen LogP contribution in [-0.2, 0) is 11.2 Å². The zero-order chi connectivity index (χ0) is 18.6. The number of carbonyl (C=O) groups excluding carboxylic acids is 1. The molecule has 0 fully saturated rings. The zero-order valence-corrected chi connectivity index (χ0v) is 14.2. The minimum atomic E-state index is -1.18. The van der Waals surface area contributed by atoms with Crippen molar-refractivity contribution in [3.8, 4) is 0 Å². The van der Waals surface area contributed by atoms with E-state index in [1.807, 2.05) is 0 Å². The van der Waals surface area contributed by atoms with Gasteiger partial charge in [-0.2, -0.15) is 0 Å². The molecule has 2 N–H and O–H groups in total. The second-order valence-electron chi connectivity index (χ2n) is 5.76. The van der Waals surface area contributed by atoms with E-state index in [0.29, 0.717) is 17.2 Å². The molecule has 132 valence electrons. The molecule has 0 aliphatic rings. The summed E-state index contributed by atoms with van der Waals surface area (Å²) in [7, 11) is 3.55. The van der Waals surface area contributed by atoms with Gasteiger partial charge in [0.1, 0.15) is 11.9 Å². The van der Waals surface area contributed by atoms with E-state index in [1.54, 1.807) is 25.9 Å². The second-order valence-corrected chi connectivity index (χ2v) is 5.76. The highest BCUT2D eigenvalue weighted by atomic mass is 19.1. The Balaban J connectivity index is 2.15. The lowest BCUT2D eigenvalue weighted by molar-refractivity contribution is -0.139. The topological polar surface area (TPSA) is 95.4 Å². The Labute approximate surface area is 144 Å². The maximum Gasteiger partial charge on any atom is 0.326 e. The van der Waals surface area contributed by atoms with E-state index in [1.165, 1.54) is 30.5 Å². The standard InChI is InChI=1S/C17H19FN4O3/c1-10-13(9-19-17(20-10)22(2)3)15(23)21-14(16(24)25)8-11-4-6-12(18)7-5-11/h4-7,9,14H,8H2,1-3H3,(H,21,23)(H,24,25)/t14-/m1/s1. The number of carboxylic acids is 1. The number of rotatable bonds is 6. The number of nitrogens with zero attached hydrogens (tertiary/aromatic N) is 3. The SMILES string of the molecule is Cc1nc(N(C)C)ncc1C(=O)N[C@H](Cc1ccc(F)cc1)C(=O)O. The van der Waals surface area contributed by atoms with Gasteiger partial charge >= 0.3 is 5.97 Å².